The number of aryl methyl sites for hydroxylation is 1. The van der Waals surface area contributed by atoms with Gasteiger partial charge in [0.15, 0.2) is 5.96 Å². The number of rotatable bonds is 7. The third-order valence-electron chi connectivity index (χ3n) is 2.96. The quantitative estimate of drug-likeness (QED) is 0.263. The molecular weight excluding hydrogens is 413 g/mol. The van der Waals surface area contributed by atoms with E-state index in [0.717, 1.165) is 24.6 Å². The van der Waals surface area contributed by atoms with Crippen LogP contribution < -0.4 is 16.0 Å². The molecule has 1 aromatic heterocycles. The van der Waals surface area contributed by atoms with E-state index < -0.39 is 0 Å². The summed E-state index contributed by atoms with van der Waals surface area (Å²) in [4.78, 5) is 21.1. The number of aliphatic imine (C=N–C) groups is 1. The Balaban J connectivity index is 0.00000441. The van der Waals surface area contributed by atoms with E-state index in [-0.39, 0.29) is 29.9 Å². The molecule has 1 rings (SSSR count). The summed E-state index contributed by atoms with van der Waals surface area (Å²) in [6, 6.07) is 0.372. The van der Waals surface area contributed by atoms with Gasteiger partial charge >= 0.3 is 0 Å². The average molecular weight is 439 g/mol. The highest BCUT2D eigenvalue weighted by Crippen LogP contribution is 2.11. The summed E-state index contributed by atoms with van der Waals surface area (Å²) in [5.74, 6) is 0.708. The zero-order valence-electron chi connectivity index (χ0n) is 13.6. The molecule has 0 saturated carbocycles. The first-order chi connectivity index (χ1) is 10.1. The molecule has 8 heteroatoms. The molecule has 1 atom stereocenters. The number of carbonyl (C=O) groups is 1. The van der Waals surface area contributed by atoms with E-state index in [9.17, 15) is 4.79 Å². The third-order valence-corrected chi connectivity index (χ3v) is 3.89. The fourth-order valence-corrected chi connectivity index (χ4v) is 2.31. The van der Waals surface area contributed by atoms with Gasteiger partial charge in [0.2, 0.25) is 0 Å². The van der Waals surface area contributed by atoms with Crippen LogP contribution in [0.5, 0.6) is 0 Å². The summed E-state index contributed by atoms with van der Waals surface area (Å²) in [5, 5.41) is 9.36. The maximum absolute atomic E-state index is 11.9. The molecular formula is C14H26IN5OS. The summed E-state index contributed by atoms with van der Waals surface area (Å²) in [6.45, 7) is 9.96. The number of nitrogens with one attached hydrogen (secondary N) is 3. The first-order valence-electron chi connectivity index (χ1n) is 7.31. The van der Waals surface area contributed by atoms with Crippen molar-refractivity contribution in [2.75, 3.05) is 19.6 Å². The van der Waals surface area contributed by atoms with Gasteiger partial charge in [0.1, 0.15) is 4.88 Å². The summed E-state index contributed by atoms with van der Waals surface area (Å²) < 4.78 is 0. The second-order valence-corrected chi connectivity index (χ2v) is 5.59. The summed E-state index contributed by atoms with van der Waals surface area (Å²) >= 11 is 1.36. The molecule has 0 saturated heterocycles. The van der Waals surface area contributed by atoms with Gasteiger partial charge in [-0.05, 0) is 27.2 Å². The van der Waals surface area contributed by atoms with Crippen molar-refractivity contribution >= 4 is 47.2 Å². The Morgan fingerprint density at radius 2 is 2.14 bits per heavy atom. The minimum Gasteiger partial charge on any atom is -0.357 e. The summed E-state index contributed by atoms with van der Waals surface area (Å²) in [6.07, 6.45) is 1.03. The van der Waals surface area contributed by atoms with E-state index in [0.29, 0.717) is 24.0 Å². The molecule has 1 unspecified atom stereocenters. The number of guanidine groups is 1. The number of amides is 1. The summed E-state index contributed by atoms with van der Waals surface area (Å²) in [7, 11) is 0. The molecule has 1 aromatic rings. The molecule has 0 radical (unpaired) electrons. The van der Waals surface area contributed by atoms with E-state index in [2.05, 4.69) is 39.8 Å². The molecule has 126 valence electrons. The minimum atomic E-state index is -0.0786. The lowest BCUT2D eigenvalue weighted by Crippen LogP contribution is -2.42. The highest BCUT2D eigenvalue weighted by atomic mass is 127. The fraction of sp³-hybridized carbons (Fsp3) is 0.643. The average Bonchev–Trinajstić information content (AvgIpc) is 2.89. The minimum absolute atomic E-state index is 0. The van der Waals surface area contributed by atoms with Crippen LogP contribution in [0.15, 0.2) is 10.5 Å². The van der Waals surface area contributed by atoms with Gasteiger partial charge in [-0.1, -0.05) is 6.92 Å². The van der Waals surface area contributed by atoms with E-state index in [1.165, 1.54) is 11.3 Å². The Morgan fingerprint density at radius 3 is 2.68 bits per heavy atom. The van der Waals surface area contributed by atoms with Crippen LogP contribution in [-0.4, -0.2) is 42.5 Å². The molecule has 1 heterocycles. The molecule has 0 bridgehead atoms. The Morgan fingerprint density at radius 1 is 1.41 bits per heavy atom. The monoisotopic (exact) mass is 439 g/mol. The Kier molecular flexibility index (Phi) is 11.2. The van der Waals surface area contributed by atoms with Gasteiger partial charge in [-0.2, -0.15) is 0 Å². The standard InChI is InChI=1S/C14H25N5OS.HI/c1-5-10(3)19-14(15-6-2)17-8-7-16-13(20)12-11(4)18-9-21-12;/h9-10H,5-8H2,1-4H3,(H,16,20)(H2,15,17,19);1H. The van der Waals surface area contributed by atoms with Crippen molar-refractivity contribution in [1.82, 2.24) is 20.9 Å². The molecule has 0 fully saturated rings. The van der Waals surface area contributed by atoms with E-state index in [1.54, 1.807) is 5.51 Å². The molecule has 0 spiro atoms. The van der Waals surface area contributed by atoms with Gasteiger partial charge in [-0.15, -0.1) is 35.3 Å². The second kappa shape index (κ2) is 11.6. The number of aromatic nitrogens is 1. The van der Waals surface area contributed by atoms with Gasteiger partial charge in [-0.3, -0.25) is 9.79 Å². The lowest BCUT2D eigenvalue weighted by Gasteiger charge is -2.16. The van der Waals surface area contributed by atoms with Gasteiger partial charge < -0.3 is 16.0 Å². The third kappa shape index (κ3) is 7.39. The van der Waals surface area contributed by atoms with Crippen LogP contribution in [0.4, 0.5) is 0 Å². The first-order valence-corrected chi connectivity index (χ1v) is 8.19. The Hall–Kier alpha value is -0.900. The molecule has 0 aromatic carbocycles. The van der Waals surface area contributed by atoms with E-state index in [4.69, 9.17) is 0 Å². The predicted octanol–water partition coefficient (Wildman–Crippen LogP) is 2.15. The molecule has 22 heavy (non-hydrogen) atoms. The Bertz CT molecular complexity index is 478. The number of hydrogen-bond donors (Lipinski definition) is 3. The molecule has 0 aliphatic carbocycles. The largest absolute Gasteiger partial charge is 0.357 e. The van der Waals surface area contributed by atoms with Crippen molar-refractivity contribution in [3.63, 3.8) is 0 Å². The smallest absolute Gasteiger partial charge is 0.263 e. The number of carbonyl (C=O) groups excluding carboxylic acids is 1. The van der Waals surface area contributed by atoms with Crippen LogP contribution in [0.3, 0.4) is 0 Å². The van der Waals surface area contributed by atoms with Crippen LogP contribution in [0.2, 0.25) is 0 Å². The van der Waals surface area contributed by atoms with Crippen molar-refractivity contribution < 1.29 is 4.79 Å². The van der Waals surface area contributed by atoms with E-state index in [1.807, 2.05) is 13.8 Å². The molecule has 1 amide bonds. The fourth-order valence-electron chi connectivity index (χ4n) is 1.59. The predicted molar refractivity (Wildman–Crippen MR) is 103 cm³/mol. The van der Waals surface area contributed by atoms with Crippen molar-refractivity contribution in [2.24, 2.45) is 4.99 Å². The maximum atomic E-state index is 11.9. The molecule has 0 aliphatic rings. The zero-order valence-corrected chi connectivity index (χ0v) is 16.7. The van der Waals surface area contributed by atoms with Crippen LogP contribution >= 0.6 is 35.3 Å². The number of nitrogens with zero attached hydrogens (tertiary/aromatic N) is 2. The van der Waals surface area contributed by atoms with Crippen molar-refractivity contribution in [1.29, 1.82) is 0 Å². The van der Waals surface area contributed by atoms with E-state index >= 15 is 0 Å². The number of halogens is 1. The van der Waals surface area contributed by atoms with Crippen LogP contribution in [0.25, 0.3) is 0 Å². The first kappa shape index (κ1) is 21.1. The van der Waals surface area contributed by atoms with Gasteiger partial charge in [0.05, 0.1) is 17.7 Å². The zero-order chi connectivity index (χ0) is 15.7. The lowest BCUT2D eigenvalue weighted by molar-refractivity contribution is 0.0958. The van der Waals surface area contributed by atoms with Crippen molar-refractivity contribution in [3.05, 3.63) is 16.1 Å². The normalized spacial score (nSPS) is 12.3. The number of thiazole rings is 1. The molecule has 3 N–H and O–H groups in total. The maximum Gasteiger partial charge on any atom is 0.263 e. The highest BCUT2D eigenvalue weighted by Gasteiger charge is 2.10. The summed E-state index contributed by atoms with van der Waals surface area (Å²) in [5.41, 5.74) is 2.45. The lowest BCUT2D eigenvalue weighted by atomic mass is 10.3. The number of hydrogen-bond acceptors (Lipinski definition) is 4. The topological polar surface area (TPSA) is 78.4 Å². The van der Waals surface area contributed by atoms with Gasteiger partial charge in [0, 0.05) is 19.1 Å². The van der Waals surface area contributed by atoms with Crippen molar-refractivity contribution in [3.8, 4) is 0 Å². The SMILES string of the molecule is CCNC(=NCCNC(=O)c1scnc1C)NC(C)CC.I. The van der Waals surface area contributed by atoms with Crippen LogP contribution in [0, 0.1) is 6.92 Å². The van der Waals surface area contributed by atoms with Crippen LogP contribution in [-0.2, 0) is 0 Å². The van der Waals surface area contributed by atoms with Crippen molar-refractivity contribution in [2.45, 2.75) is 40.2 Å². The van der Waals surface area contributed by atoms with Gasteiger partial charge in [-0.25, -0.2) is 4.98 Å². The van der Waals surface area contributed by atoms with Gasteiger partial charge in [0.25, 0.3) is 5.91 Å². The molecule has 6 nitrogen and oxygen atoms in total. The highest BCUT2D eigenvalue weighted by molar-refractivity contribution is 14.0. The Labute approximate surface area is 153 Å². The second-order valence-electron chi connectivity index (χ2n) is 4.74. The molecule has 0 aliphatic heterocycles. The van der Waals surface area contributed by atoms with Crippen LogP contribution in [0.1, 0.15) is 42.6 Å².